The first-order chi connectivity index (χ1) is 17.5. The third kappa shape index (κ3) is 4.90. The number of piperidine rings is 3. The molecule has 194 valence electrons. The number of rotatable bonds is 6. The number of aromatic nitrogens is 1. The zero-order chi connectivity index (χ0) is 24.7. The number of benzene rings is 2. The Hall–Kier alpha value is -3.17. The fourth-order valence-corrected chi connectivity index (χ4v) is 5.98. The molecule has 8 nitrogen and oxygen atoms in total. The highest BCUT2D eigenvalue weighted by molar-refractivity contribution is 5.90. The summed E-state index contributed by atoms with van der Waals surface area (Å²) < 4.78 is 18.1. The normalized spacial score (nSPS) is 23.7. The lowest BCUT2D eigenvalue weighted by molar-refractivity contribution is -0.938. The maximum Gasteiger partial charge on any atom is 0.318 e. The van der Waals surface area contributed by atoms with Gasteiger partial charge in [0.2, 0.25) is 0 Å². The number of ether oxygens (including phenoxy) is 2. The molecule has 3 fully saturated rings. The second kappa shape index (κ2) is 10.3. The van der Waals surface area contributed by atoms with Crippen molar-refractivity contribution in [1.82, 2.24) is 5.16 Å². The molecule has 5 heterocycles. The summed E-state index contributed by atoms with van der Waals surface area (Å²) in [7, 11) is 0. The van der Waals surface area contributed by atoms with E-state index in [1.165, 1.54) is 0 Å². The monoisotopic (exact) mass is 567 g/mol. The smallest absolute Gasteiger partial charge is 0.318 e. The van der Waals surface area contributed by atoms with Crippen LogP contribution >= 0.6 is 0 Å². The van der Waals surface area contributed by atoms with Crippen LogP contribution in [0.1, 0.15) is 42.6 Å². The van der Waals surface area contributed by atoms with E-state index in [9.17, 15) is 9.59 Å². The Bertz CT molecular complexity index is 1250. The minimum Gasteiger partial charge on any atom is -1.00 e. The number of nitrogens with one attached hydrogen (secondary N) is 1. The molecule has 2 bridgehead atoms. The van der Waals surface area contributed by atoms with Gasteiger partial charge in [0, 0.05) is 42.4 Å². The van der Waals surface area contributed by atoms with Crippen molar-refractivity contribution in [3.05, 3.63) is 71.5 Å². The maximum atomic E-state index is 13.7. The standard InChI is InChI=1S/C28H29N3O5.BrH/c1-2-19-15-25(30-36-19)29-26(32)17-31-13-11-18(12-14-31)24(16-31)35-28(33)27-20-7-3-5-9-22(20)34-23-10-6-4-8-21(23)27;/h3-10,15,18,24,27H,2,11-14,16-17H2,1H3;1H. The summed E-state index contributed by atoms with van der Waals surface area (Å²) in [5.41, 5.74) is 1.65. The number of esters is 1. The molecule has 1 unspecified atom stereocenters. The predicted molar refractivity (Wildman–Crippen MR) is 132 cm³/mol. The summed E-state index contributed by atoms with van der Waals surface area (Å²) in [5.74, 6) is 2.00. The minimum absolute atomic E-state index is 0. The van der Waals surface area contributed by atoms with Gasteiger partial charge < -0.3 is 40.8 Å². The van der Waals surface area contributed by atoms with Crippen molar-refractivity contribution < 1.29 is 45.1 Å². The van der Waals surface area contributed by atoms with Crippen LogP contribution in [-0.2, 0) is 20.7 Å². The van der Waals surface area contributed by atoms with Crippen LogP contribution in [0.25, 0.3) is 0 Å². The van der Waals surface area contributed by atoms with Gasteiger partial charge in [-0.2, -0.15) is 0 Å². The van der Waals surface area contributed by atoms with Crippen molar-refractivity contribution >= 4 is 17.7 Å². The molecule has 1 aromatic heterocycles. The average molecular weight is 568 g/mol. The number of nitrogens with zero attached hydrogens (tertiary/aromatic N) is 2. The Morgan fingerprint density at radius 2 is 1.70 bits per heavy atom. The van der Waals surface area contributed by atoms with E-state index in [0.29, 0.717) is 40.8 Å². The molecule has 9 heteroatoms. The maximum absolute atomic E-state index is 13.7. The Labute approximate surface area is 226 Å². The van der Waals surface area contributed by atoms with E-state index in [1.54, 1.807) is 6.07 Å². The minimum atomic E-state index is -0.529. The molecule has 4 aliphatic heterocycles. The van der Waals surface area contributed by atoms with Crippen molar-refractivity contribution in [3.63, 3.8) is 0 Å². The number of fused-ring (bicyclic) bond motifs is 5. The van der Waals surface area contributed by atoms with Gasteiger partial charge in [-0.05, 0) is 12.1 Å². The van der Waals surface area contributed by atoms with Crippen molar-refractivity contribution in [3.8, 4) is 11.5 Å². The fourth-order valence-electron chi connectivity index (χ4n) is 5.98. The van der Waals surface area contributed by atoms with Crippen LogP contribution in [0.5, 0.6) is 11.5 Å². The first-order valence-electron chi connectivity index (χ1n) is 12.7. The van der Waals surface area contributed by atoms with Gasteiger partial charge in [0.25, 0.3) is 5.91 Å². The second-order valence-corrected chi connectivity index (χ2v) is 10.1. The SMILES string of the molecule is CCc1cc(NC(=O)C[N+]23CCC(CC2)C(OC(=O)C2c4ccccc4Oc4ccccc42)C3)no1.[Br-]. The number of hydrogen-bond acceptors (Lipinski definition) is 6. The van der Waals surface area contributed by atoms with Crippen LogP contribution in [0.4, 0.5) is 5.82 Å². The highest BCUT2D eigenvalue weighted by Crippen LogP contribution is 2.45. The van der Waals surface area contributed by atoms with E-state index < -0.39 is 5.92 Å². The van der Waals surface area contributed by atoms with Gasteiger partial charge in [0.15, 0.2) is 18.5 Å². The summed E-state index contributed by atoms with van der Waals surface area (Å²) in [6.07, 6.45) is 2.39. The fraction of sp³-hybridized carbons (Fsp3) is 0.393. The number of hydrogen-bond donors (Lipinski definition) is 1. The van der Waals surface area contributed by atoms with Gasteiger partial charge in [-0.1, -0.05) is 48.5 Å². The molecule has 4 aliphatic rings. The number of para-hydroxylation sites is 2. The molecule has 1 atom stereocenters. The molecule has 0 aliphatic carbocycles. The lowest BCUT2D eigenvalue weighted by Gasteiger charge is -2.51. The average Bonchev–Trinajstić information content (AvgIpc) is 3.34. The zero-order valence-electron chi connectivity index (χ0n) is 20.7. The van der Waals surface area contributed by atoms with E-state index in [0.717, 1.165) is 49.2 Å². The molecule has 0 saturated carbocycles. The first kappa shape index (κ1) is 25.5. The number of carbonyl (C=O) groups excluding carboxylic acids is 2. The van der Waals surface area contributed by atoms with Crippen molar-refractivity contribution in [1.29, 1.82) is 0 Å². The van der Waals surface area contributed by atoms with Crippen LogP contribution in [0, 0.1) is 5.92 Å². The third-order valence-electron chi connectivity index (χ3n) is 7.88. The molecule has 0 spiro atoms. The molecule has 7 rings (SSSR count). The number of carbonyl (C=O) groups is 2. The van der Waals surface area contributed by atoms with Gasteiger partial charge in [-0.25, -0.2) is 0 Å². The first-order valence-corrected chi connectivity index (χ1v) is 12.7. The number of aryl methyl sites for hydroxylation is 1. The Morgan fingerprint density at radius 3 is 2.32 bits per heavy atom. The highest BCUT2D eigenvalue weighted by Gasteiger charge is 2.49. The number of halogens is 1. The zero-order valence-corrected chi connectivity index (χ0v) is 22.3. The number of quaternary nitrogens is 1. The molecular formula is C28H30BrN3O5. The topological polar surface area (TPSA) is 90.7 Å². The second-order valence-electron chi connectivity index (χ2n) is 10.1. The quantitative estimate of drug-likeness (QED) is 0.356. The van der Waals surface area contributed by atoms with Crippen LogP contribution in [0.2, 0.25) is 0 Å². The number of amides is 1. The summed E-state index contributed by atoms with van der Waals surface area (Å²) in [4.78, 5) is 26.6. The Morgan fingerprint density at radius 1 is 1.05 bits per heavy atom. The van der Waals surface area contributed by atoms with E-state index in [4.69, 9.17) is 14.0 Å². The van der Waals surface area contributed by atoms with E-state index in [-0.39, 0.29) is 35.0 Å². The molecule has 2 aromatic carbocycles. The van der Waals surface area contributed by atoms with Gasteiger partial charge >= 0.3 is 5.97 Å². The molecule has 1 N–H and O–H groups in total. The Kier molecular flexibility index (Phi) is 7.09. The lowest BCUT2D eigenvalue weighted by Crippen LogP contribution is -3.00. The summed E-state index contributed by atoms with van der Waals surface area (Å²) >= 11 is 0. The third-order valence-corrected chi connectivity index (χ3v) is 7.88. The van der Waals surface area contributed by atoms with Crippen molar-refractivity contribution in [2.45, 2.75) is 38.2 Å². The van der Waals surface area contributed by atoms with Crippen molar-refractivity contribution in [2.75, 3.05) is 31.5 Å². The van der Waals surface area contributed by atoms with Crippen molar-refractivity contribution in [2.24, 2.45) is 5.92 Å². The summed E-state index contributed by atoms with van der Waals surface area (Å²) in [6, 6.07) is 17.0. The molecule has 3 saturated heterocycles. The summed E-state index contributed by atoms with van der Waals surface area (Å²) in [6.45, 7) is 4.77. The van der Waals surface area contributed by atoms with Crippen LogP contribution in [-0.4, -0.2) is 53.8 Å². The highest BCUT2D eigenvalue weighted by atomic mass is 79.9. The molecule has 1 amide bonds. The van der Waals surface area contributed by atoms with Crippen LogP contribution < -0.4 is 27.0 Å². The van der Waals surface area contributed by atoms with Gasteiger partial charge in [0.05, 0.1) is 13.1 Å². The van der Waals surface area contributed by atoms with Gasteiger partial charge in [-0.15, -0.1) is 0 Å². The van der Waals surface area contributed by atoms with Crippen LogP contribution in [0.3, 0.4) is 0 Å². The van der Waals surface area contributed by atoms with Gasteiger partial charge in [0.1, 0.15) is 29.7 Å². The lowest BCUT2D eigenvalue weighted by atomic mass is 9.82. The van der Waals surface area contributed by atoms with E-state index in [2.05, 4.69) is 10.5 Å². The predicted octanol–water partition coefficient (Wildman–Crippen LogP) is 1.27. The van der Waals surface area contributed by atoms with Gasteiger partial charge in [-0.3, -0.25) is 9.59 Å². The largest absolute Gasteiger partial charge is 1.00 e. The molecule has 0 radical (unpaired) electrons. The Balaban J connectivity index is 0.00000280. The number of anilines is 1. The van der Waals surface area contributed by atoms with E-state index in [1.807, 2.05) is 55.5 Å². The van der Waals surface area contributed by atoms with Crippen LogP contribution in [0.15, 0.2) is 59.1 Å². The molecule has 37 heavy (non-hydrogen) atoms. The van der Waals surface area contributed by atoms with E-state index >= 15 is 0 Å². The molecule has 3 aromatic rings. The molecular weight excluding hydrogens is 538 g/mol. The summed E-state index contributed by atoms with van der Waals surface area (Å²) in [5, 5.41) is 6.80.